The first-order chi connectivity index (χ1) is 10.5. The average molecular weight is 442 g/mol. The summed E-state index contributed by atoms with van der Waals surface area (Å²) in [5.74, 6) is 1.02. The number of phenolic OH excluding ortho intramolecular Hbond substituents is 1. The second kappa shape index (κ2) is 8.60. The molecule has 0 spiro atoms. The third-order valence-corrected chi connectivity index (χ3v) is 3.36. The minimum atomic E-state index is -1.76. The molecule has 1 heterocycles. The van der Waals surface area contributed by atoms with Gasteiger partial charge in [-0.1, -0.05) is 69.6 Å². The predicted molar refractivity (Wildman–Crippen MR) is 96.8 cm³/mol. The summed E-state index contributed by atoms with van der Waals surface area (Å²) in [7, 11) is 1.59. The number of rotatable bonds is 1. The number of alkyl halides is 6. The van der Waals surface area contributed by atoms with Crippen molar-refractivity contribution in [3.63, 3.8) is 0 Å². The second-order valence-corrected chi connectivity index (χ2v) is 8.43. The number of hydrogen-bond donors (Lipinski definition) is 2. The molecule has 1 aliphatic heterocycles. The summed E-state index contributed by atoms with van der Waals surface area (Å²) in [6, 6.07) is 6.57. The molecule has 23 heavy (non-hydrogen) atoms. The molecule has 0 saturated carbocycles. The number of allylic oxidation sites excluding steroid dienone is 2. The largest absolute Gasteiger partial charge is 0.508 e. The fourth-order valence-corrected chi connectivity index (χ4v) is 1.80. The van der Waals surface area contributed by atoms with E-state index >= 15 is 0 Å². The fraction of sp³-hybridized carbons (Fsp3) is 0.250. The quantitative estimate of drug-likeness (QED) is 0.486. The van der Waals surface area contributed by atoms with Crippen LogP contribution in [0.4, 0.5) is 0 Å². The zero-order valence-electron chi connectivity index (χ0n) is 11.5. The van der Waals surface area contributed by atoms with Crippen LogP contribution in [0.25, 0.3) is 0 Å². The Morgan fingerprint density at radius 2 is 1.65 bits per heavy atom. The minimum Gasteiger partial charge on any atom is -0.508 e. The zero-order valence-corrected chi connectivity index (χ0v) is 16.0. The van der Waals surface area contributed by atoms with E-state index in [2.05, 4.69) is 10.5 Å². The van der Waals surface area contributed by atoms with E-state index in [4.69, 9.17) is 79.4 Å². The summed E-state index contributed by atoms with van der Waals surface area (Å²) in [6.45, 7) is 0. The highest BCUT2D eigenvalue weighted by molar-refractivity contribution is 6.69. The summed E-state index contributed by atoms with van der Waals surface area (Å²) in [6.07, 6.45) is 2.80. The van der Waals surface area contributed by atoms with Crippen molar-refractivity contribution in [1.82, 2.24) is 10.5 Å². The predicted octanol–water partition coefficient (Wildman–Crippen LogP) is 4.78. The van der Waals surface area contributed by atoms with E-state index in [1.54, 1.807) is 31.4 Å². The van der Waals surface area contributed by atoms with Crippen molar-refractivity contribution in [2.24, 2.45) is 5.10 Å². The van der Waals surface area contributed by atoms with Gasteiger partial charge in [0.05, 0.1) is 19.0 Å². The number of methoxy groups -OCH3 is 1. The number of nitrogens with one attached hydrogen (secondary N) is 1. The maximum atomic E-state index is 8.80. The van der Waals surface area contributed by atoms with Crippen LogP contribution in [-0.2, 0) is 0 Å². The van der Waals surface area contributed by atoms with Gasteiger partial charge in [0, 0.05) is 0 Å². The molecule has 2 N–H and O–H groups in total. The Kier molecular flexibility index (Phi) is 7.71. The van der Waals surface area contributed by atoms with Crippen molar-refractivity contribution >= 4 is 75.8 Å². The van der Waals surface area contributed by atoms with E-state index in [0.29, 0.717) is 0 Å². The van der Waals surface area contributed by atoms with Crippen LogP contribution in [0.2, 0.25) is 0 Å². The zero-order chi connectivity index (χ0) is 17.7. The molecule has 0 bridgehead atoms. The molecule has 0 aliphatic carbocycles. The highest BCUT2D eigenvalue weighted by atomic mass is 35.6. The number of halogens is 6. The van der Waals surface area contributed by atoms with Crippen LogP contribution in [0, 0.1) is 0 Å². The molecule has 1 aromatic carbocycles. The molecule has 128 valence electrons. The maximum Gasteiger partial charge on any atom is 0.301 e. The molecule has 0 aromatic heterocycles. The molecule has 1 aromatic rings. The Hall–Kier alpha value is -0.430. The van der Waals surface area contributed by atoms with Crippen molar-refractivity contribution in [3.05, 3.63) is 36.0 Å². The number of hydrazine groups is 1. The lowest BCUT2D eigenvalue weighted by Gasteiger charge is -2.32. The Bertz CT molecular complexity index is 566. The summed E-state index contributed by atoms with van der Waals surface area (Å²) < 4.78 is 1.48. The smallest absolute Gasteiger partial charge is 0.301 e. The van der Waals surface area contributed by atoms with Gasteiger partial charge in [-0.15, -0.1) is 0 Å². The summed E-state index contributed by atoms with van der Waals surface area (Å²) >= 11 is 33.5. The third-order valence-electron chi connectivity index (χ3n) is 2.27. The van der Waals surface area contributed by atoms with Gasteiger partial charge in [-0.2, -0.15) is 10.2 Å². The first kappa shape index (κ1) is 20.6. The molecule has 0 fully saturated rings. The first-order valence-electron chi connectivity index (χ1n) is 5.82. The Balaban J connectivity index is 0.000000253. The van der Waals surface area contributed by atoms with Crippen molar-refractivity contribution in [2.45, 2.75) is 7.71 Å². The first-order valence-corrected chi connectivity index (χ1v) is 8.09. The topological polar surface area (TPSA) is 57.1 Å². The summed E-state index contributed by atoms with van der Waals surface area (Å²) in [5, 5.41) is 13.4. The van der Waals surface area contributed by atoms with Crippen LogP contribution in [0.1, 0.15) is 0 Å². The number of aromatic hydroxyl groups is 1. The number of phenols is 1. The number of ether oxygens (including phenoxy) is 1. The molecular weight excluding hydrogens is 431 g/mol. The van der Waals surface area contributed by atoms with Gasteiger partial charge in [-0.05, 0) is 30.3 Å². The van der Waals surface area contributed by atoms with Crippen molar-refractivity contribution in [3.8, 4) is 11.5 Å². The molecule has 0 unspecified atom stereocenters. The van der Waals surface area contributed by atoms with Crippen LogP contribution < -0.4 is 10.2 Å². The van der Waals surface area contributed by atoms with Gasteiger partial charge in [0.1, 0.15) is 11.5 Å². The summed E-state index contributed by atoms with van der Waals surface area (Å²) in [5.41, 5.74) is 2.78. The van der Waals surface area contributed by atoms with Crippen molar-refractivity contribution in [1.29, 1.82) is 0 Å². The molecule has 0 radical (unpaired) electrons. The van der Waals surface area contributed by atoms with E-state index in [1.165, 1.54) is 12.3 Å². The molecule has 0 atom stereocenters. The molecular formula is C12H11Cl6N3O2. The van der Waals surface area contributed by atoms with E-state index in [-0.39, 0.29) is 11.4 Å². The van der Waals surface area contributed by atoms with E-state index in [9.17, 15) is 0 Å². The Morgan fingerprint density at radius 3 is 2.09 bits per heavy atom. The Morgan fingerprint density at radius 1 is 1.09 bits per heavy atom. The lowest BCUT2D eigenvalue weighted by molar-refractivity contribution is 0.217. The SMILES string of the molecule is COc1ccc(O)cc1.ClC(Cl)(Cl)C1=CC=NN(C(Cl)(Cl)Cl)N1. The highest BCUT2D eigenvalue weighted by Crippen LogP contribution is 2.37. The van der Waals surface area contributed by atoms with Gasteiger partial charge < -0.3 is 9.84 Å². The number of benzene rings is 1. The van der Waals surface area contributed by atoms with Gasteiger partial charge in [0.15, 0.2) is 0 Å². The normalized spacial score (nSPS) is 14.4. The van der Waals surface area contributed by atoms with Crippen LogP contribution in [0.3, 0.4) is 0 Å². The van der Waals surface area contributed by atoms with Crippen LogP contribution in [0.15, 0.2) is 41.1 Å². The standard InChI is InChI=1S/C7H8O2.C5H3Cl6N3/c1-9-7-4-2-6(8)3-5-7;6-4(7,8)3-1-2-12-14(13-3)5(9,10)11/h2-5,8H,1H3;1-2,13H. The van der Waals surface area contributed by atoms with Crippen LogP contribution in [0.5, 0.6) is 11.5 Å². The molecule has 2 rings (SSSR count). The second-order valence-electron chi connectivity index (χ2n) is 3.93. The monoisotopic (exact) mass is 439 g/mol. The van der Waals surface area contributed by atoms with Crippen molar-refractivity contribution in [2.75, 3.05) is 7.11 Å². The number of hydrazone groups is 1. The van der Waals surface area contributed by atoms with Gasteiger partial charge in [0.25, 0.3) is 0 Å². The van der Waals surface area contributed by atoms with Gasteiger partial charge in [-0.25, -0.2) is 0 Å². The highest BCUT2D eigenvalue weighted by Gasteiger charge is 2.35. The molecule has 1 aliphatic rings. The van der Waals surface area contributed by atoms with Crippen LogP contribution >= 0.6 is 69.6 Å². The lowest BCUT2D eigenvalue weighted by Crippen LogP contribution is -2.45. The number of hydrogen-bond acceptors (Lipinski definition) is 5. The fourth-order valence-electron chi connectivity index (χ4n) is 1.22. The molecule has 0 amide bonds. The third kappa shape index (κ3) is 7.33. The molecule has 5 nitrogen and oxygen atoms in total. The maximum absolute atomic E-state index is 8.80. The van der Waals surface area contributed by atoms with E-state index in [1.807, 2.05) is 0 Å². The molecule has 11 heteroatoms. The minimum absolute atomic E-state index is 0.240. The average Bonchev–Trinajstić information content (AvgIpc) is 2.47. The van der Waals surface area contributed by atoms with Gasteiger partial charge in [-0.3, -0.25) is 5.43 Å². The van der Waals surface area contributed by atoms with Crippen LogP contribution in [-0.4, -0.2) is 31.3 Å². The summed E-state index contributed by atoms with van der Waals surface area (Å²) in [4.78, 5) is 0. The van der Waals surface area contributed by atoms with Crippen molar-refractivity contribution < 1.29 is 9.84 Å². The van der Waals surface area contributed by atoms with Gasteiger partial charge in [0.2, 0.25) is 3.79 Å². The van der Waals surface area contributed by atoms with E-state index < -0.39 is 7.71 Å². The Labute approximate surface area is 163 Å². The molecule has 0 saturated heterocycles. The lowest BCUT2D eigenvalue weighted by atomic mass is 10.3. The van der Waals surface area contributed by atoms with E-state index in [0.717, 1.165) is 10.9 Å². The van der Waals surface area contributed by atoms with Gasteiger partial charge >= 0.3 is 3.92 Å². The number of nitrogens with zero attached hydrogens (tertiary/aromatic N) is 2.